The molecule has 1 nitrogen and oxygen atoms in total. The molecule has 0 radical (unpaired) electrons. The summed E-state index contributed by atoms with van der Waals surface area (Å²) in [6.07, 6.45) is -0.816. The van der Waals surface area contributed by atoms with Crippen molar-refractivity contribution in [1.82, 2.24) is 0 Å². The van der Waals surface area contributed by atoms with Crippen molar-refractivity contribution in [3.8, 4) is 6.07 Å². The zero-order chi connectivity index (χ0) is 7.11. The average Bonchev–Trinajstić information content (AvgIpc) is 1.80. The van der Waals surface area contributed by atoms with Gasteiger partial charge >= 0.3 is 0 Å². The van der Waals surface area contributed by atoms with E-state index in [2.05, 4.69) is 0 Å². The summed E-state index contributed by atoms with van der Waals surface area (Å²) in [6, 6.07) is 1.90. The van der Waals surface area contributed by atoms with Gasteiger partial charge in [0.2, 0.25) is 6.43 Å². The van der Waals surface area contributed by atoms with Crippen molar-refractivity contribution in [2.24, 2.45) is 0 Å². The lowest BCUT2D eigenvalue weighted by Gasteiger charge is -1.93. The SMILES string of the molecule is N#CCCCCC(F)F. The van der Waals surface area contributed by atoms with Gasteiger partial charge in [-0.1, -0.05) is 0 Å². The first-order valence-electron chi connectivity index (χ1n) is 2.92. The summed E-state index contributed by atoms with van der Waals surface area (Å²) >= 11 is 0. The number of nitriles is 1. The van der Waals surface area contributed by atoms with Crippen LogP contribution in [0.25, 0.3) is 0 Å². The minimum Gasteiger partial charge on any atom is -0.211 e. The Balaban J connectivity index is 2.85. The summed E-state index contributed by atoms with van der Waals surface area (Å²) in [6.45, 7) is 0. The van der Waals surface area contributed by atoms with E-state index in [1.807, 2.05) is 6.07 Å². The van der Waals surface area contributed by atoms with Gasteiger partial charge in [-0.15, -0.1) is 0 Å². The summed E-state index contributed by atoms with van der Waals surface area (Å²) in [5.74, 6) is 0. The van der Waals surface area contributed by atoms with Crippen molar-refractivity contribution in [3.63, 3.8) is 0 Å². The zero-order valence-electron chi connectivity index (χ0n) is 5.11. The Hall–Kier alpha value is -0.650. The van der Waals surface area contributed by atoms with Crippen LogP contribution in [0.4, 0.5) is 8.78 Å². The third-order valence-electron chi connectivity index (χ3n) is 0.961. The second-order valence-corrected chi connectivity index (χ2v) is 1.79. The molecule has 0 amide bonds. The number of hydrogen-bond donors (Lipinski definition) is 0. The molecule has 0 aliphatic heterocycles. The van der Waals surface area contributed by atoms with Crippen LogP contribution in [0.5, 0.6) is 0 Å². The number of alkyl halides is 2. The van der Waals surface area contributed by atoms with Crippen LogP contribution in [0, 0.1) is 11.3 Å². The molecule has 0 saturated carbocycles. The van der Waals surface area contributed by atoms with Crippen LogP contribution in [0.1, 0.15) is 25.7 Å². The summed E-state index contributed by atoms with van der Waals surface area (Å²) in [5.41, 5.74) is 0. The normalized spacial score (nSPS) is 9.56. The maximum absolute atomic E-state index is 11.4. The minimum atomic E-state index is -2.20. The molecule has 0 aromatic rings. The molecule has 0 aliphatic rings. The fraction of sp³-hybridized carbons (Fsp3) is 0.833. The fourth-order valence-electron chi connectivity index (χ4n) is 0.503. The van der Waals surface area contributed by atoms with Crippen molar-refractivity contribution in [1.29, 1.82) is 5.26 Å². The lowest BCUT2D eigenvalue weighted by Crippen LogP contribution is -1.88. The smallest absolute Gasteiger partial charge is 0.211 e. The molecule has 0 aliphatic carbocycles. The van der Waals surface area contributed by atoms with Gasteiger partial charge in [-0.05, 0) is 12.8 Å². The summed E-state index contributed by atoms with van der Waals surface area (Å²) in [4.78, 5) is 0. The number of nitrogens with zero attached hydrogens (tertiary/aromatic N) is 1. The van der Waals surface area contributed by atoms with Crippen LogP contribution in [0.2, 0.25) is 0 Å². The molecule has 0 aromatic carbocycles. The number of halogens is 2. The first-order chi connectivity index (χ1) is 4.27. The predicted octanol–water partition coefficient (Wildman–Crippen LogP) is 2.34. The van der Waals surface area contributed by atoms with Crippen LogP contribution < -0.4 is 0 Å². The van der Waals surface area contributed by atoms with Crippen molar-refractivity contribution < 1.29 is 8.78 Å². The van der Waals surface area contributed by atoms with Gasteiger partial charge < -0.3 is 0 Å². The molecule has 0 spiro atoms. The number of unbranched alkanes of at least 4 members (excludes halogenated alkanes) is 2. The maximum Gasteiger partial charge on any atom is 0.238 e. The monoisotopic (exact) mass is 133 g/mol. The van der Waals surface area contributed by atoms with E-state index in [4.69, 9.17) is 5.26 Å². The van der Waals surface area contributed by atoms with Crippen molar-refractivity contribution in [3.05, 3.63) is 0 Å². The van der Waals surface area contributed by atoms with Gasteiger partial charge in [-0.3, -0.25) is 0 Å². The Bertz CT molecular complexity index is 95.7. The topological polar surface area (TPSA) is 23.8 Å². The van der Waals surface area contributed by atoms with Gasteiger partial charge in [0, 0.05) is 12.8 Å². The third kappa shape index (κ3) is 7.35. The van der Waals surface area contributed by atoms with E-state index in [0.29, 0.717) is 19.3 Å². The van der Waals surface area contributed by atoms with Gasteiger partial charge in [0.1, 0.15) is 0 Å². The van der Waals surface area contributed by atoms with E-state index in [-0.39, 0.29) is 6.42 Å². The highest BCUT2D eigenvalue weighted by molar-refractivity contribution is 4.67. The van der Waals surface area contributed by atoms with E-state index >= 15 is 0 Å². The maximum atomic E-state index is 11.4. The minimum absolute atomic E-state index is 0.0678. The highest BCUT2D eigenvalue weighted by atomic mass is 19.3. The predicted molar refractivity (Wildman–Crippen MR) is 30.1 cm³/mol. The Morgan fingerprint density at radius 3 is 2.44 bits per heavy atom. The Morgan fingerprint density at radius 2 is 2.00 bits per heavy atom. The Labute approximate surface area is 53.3 Å². The first kappa shape index (κ1) is 8.35. The van der Waals surface area contributed by atoms with E-state index in [1.54, 1.807) is 0 Å². The number of rotatable bonds is 4. The molecule has 0 heterocycles. The molecule has 0 atom stereocenters. The molecule has 0 fully saturated rings. The molecule has 3 heteroatoms. The molecule has 9 heavy (non-hydrogen) atoms. The molecule has 0 bridgehead atoms. The highest BCUT2D eigenvalue weighted by Gasteiger charge is 1.99. The molecular formula is C6H9F2N. The van der Waals surface area contributed by atoms with Crippen molar-refractivity contribution >= 4 is 0 Å². The van der Waals surface area contributed by atoms with Crippen LogP contribution in [0.3, 0.4) is 0 Å². The molecule has 0 aromatic heterocycles. The molecule has 52 valence electrons. The average molecular weight is 133 g/mol. The number of hydrogen-bond acceptors (Lipinski definition) is 1. The molecule has 0 rings (SSSR count). The van der Waals surface area contributed by atoms with Crippen molar-refractivity contribution in [2.45, 2.75) is 32.1 Å². The lowest BCUT2D eigenvalue weighted by molar-refractivity contribution is 0.134. The van der Waals surface area contributed by atoms with Gasteiger partial charge in [0.05, 0.1) is 6.07 Å². The Morgan fingerprint density at radius 1 is 1.33 bits per heavy atom. The second-order valence-electron chi connectivity index (χ2n) is 1.79. The quantitative estimate of drug-likeness (QED) is 0.540. The first-order valence-corrected chi connectivity index (χ1v) is 2.92. The van der Waals surface area contributed by atoms with Crippen molar-refractivity contribution in [2.75, 3.05) is 0 Å². The second kappa shape index (κ2) is 5.49. The Kier molecular flexibility index (Phi) is 5.09. The highest BCUT2D eigenvalue weighted by Crippen LogP contribution is 2.06. The van der Waals surface area contributed by atoms with Crippen LogP contribution in [-0.4, -0.2) is 6.43 Å². The van der Waals surface area contributed by atoms with Crippen LogP contribution >= 0.6 is 0 Å². The largest absolute Gasteiger partial charge is 0.238 e. The molecular weight excluding hydrogens is 124 g/mol. The van der Waals surface area contributed by atoms with Crippen LogP contribution in [-0.2, 0) is 0 Å². The third-order valence-corrected chi connectivity index (χ3v) is 0.961. The van der Waals surface area contributed by atoms with E-state index in [9.17, 15) is 8.78 Å². The standard InChI is InChI=1S/C6H9F2N/c7-6(8)4-2-1-3-5-9/h6H,1-4H2. The fourth-order valence-corrected chi connectivity index (χ4v) is 0.503. The summed E-state index contributed by atoms with van der Waals surface area (Å²) < 4.78 is 22.8. The summed E-state index contributed by atoms with van der Waals surface area (Å²) in [7, 11) is 0. The van der Waals surface area contributed by atoms with Gasteiger partial charge in [0.25, 0.3) is 0 Å². The van der Waals surface area contributed by atoms with E-state index in [1.165, 1.54) is 0 Å². The van der Waals surface area contributed by atoms with E-state index in [0.717, 1.165) is 0 Å². The van der Waals surface area contributed by atoms with E-state index < -0.39 is 6.43 Å². The lowest BCUT2D eigenvalue weighted by atomic mass is 10.2. The van der Waals surface area contributed by atoms with Gasteiger partial charge in [0.15, 0.2) is 0 Å². The van der Waals surface area contributed by atoms with Gasteiger partial charge in [-0.25, -0.2) is 8.78 Å². The van der Waals surface area contributed by atoms with Crippen LogP contribution in [0.15, 0.2) is 0 Å². The zero-order valence-corrected chi connectivity index (χ0v) is 5.11. The molecule has 0 saturated heterocycles. The van der Waals surface area contributed by atoms with Gasteiger partial charge in [-0.2, -0.15) is 5.26 Å². The summed E-state index contributed by atoms with van der Waals surface area (Å²) in [5, 5.41) is 7.99. The molecule has 0 N–H and O–H groups in total. The molecule has 0 unspecified atom stereocenters.